The number of carbonyl (C=O) groups excluding carboxylic acids is 1. The monoisotopic (exact) mass is 420 g/mol. The average Bonchev–Trinajstić information content (AvgIpc) is 3.24. The van der Waals surface area contributed by atoms with Crippen molar-refractivity contribution < 1.29 is 17.7 Å². The third kappa shape index (κ3) is 3.10. The van der Waals surface area contributed by atoms with E-state index in [0.29, 0.717) is 0 Å². The van der Waals surface area contributed by atoms with Crippen molar-refractivity contribution in [1.29, 1.82) is 0 Å². The summed E-state index contributed by atoms with van der Waals surface area (Å²) >= 11 is 0. The maximum atomic E-state index is 13.3. The molecule has 3 aromatic rings. The number of terminal acetylenes is 1. The van der Waals surface area contributed by atoms with E-state index < -0.39 is 15.9 Å². The molecule has 152 valence electrons. The lowest BCUT2D eigenvalue weighted by Crippen LogP contribution is -2.38. The highest BCUT2D eigenvalue weighted by atomic mass is 32.2. The van der Waals surface area contributed by atoms with Gasteiger partial charge in [0.1, 0.15) is 5.69 Å². The molecule has 0 saturated carbocycles. The number of rotatable bonds is 5. The summed E-state index contributed by atoms with van der Waals surface area (Å²) < 4.78 is 32.2. The van der Waals surface area contributed by atoms with Crippen LogP contribution in [0, 0.1) is 26.2 Å². The predicted octanol–water partition coefficient (Wildman–Crippen LogP) is 3.64. The van der Waals surface area contributed by atoms with Crippen LogP contribution in [0.25, 0.3) is 11.1 Å². The van der Waals surface area contributed by atoms with Gasteiger partial charge in [-0.05, 0) is 36.1 Å². The van der Waals surface area contributed by atoms with Gasteiger partial charge in [0.25, 0.3) is 10.0 Å². The molecule has 1 aliphatic carbocycles. The van der Waals surface area contributed by atoms with Gasteiger partial charge >= 0.3 is 0 Å². The Morgan fingerprint density at radius 1 is 1.10 bits per heavy atom. The van der Waals surface area contributed by atoms with Crippen LogP contribution in [0.15, 0.2) is 57.9 Å². The van der Waals surface area contributed by atoms with Gasteiger partial charge in [0.2, 0.25) is 5.91 Å². The number of hydrogen-bond donors (Lipinski definition) is 0. The van der Waals surface area contributed by atoms with Crippen LogP contribution in [0.1, 0.15) is 34.9 Å². The van der Waals surface area contributed by atoms with Crippen molar-refractivity contribution in [3.05, 3.63) is 71.1 Å². The van der Waals surface area contributed by atoms with Crippen molar-refractivity contribution >= 4 is 15.9 Å². The van der Waals surface area contributed by atoms with Gasteiger partial charge in [-0.25, -0.2) is 12.7 Å². The second-order valence-electron chi connectivity index (χ2n) is 7.19. The summed E-state index contributed by atoms with van der Waals surface area (Å²) in [7, 11) is -4.19. The lowest BCUT2D eigenvalue weighted by molar-refractivity contribution is -0.126. The Kier molecular flexibility index (Phi) is 4.96. The van der Waals surface area contributed by atoms with Crippen molar-refractivity contribution in [2.45, 2.75) is 31.1 Å². The number of aromatic nitrogens is 1. The van der Waals surface area contributed by atoms with Crippen LogP contribution in [-0.4, -0.2) is 30.3 Å². The van der Waals surface area contributed by atoms with Crippen molar-refractivity contribution in [1.82, 2.24) is 9.46 Å². The molecule has 30 heavy (non-hydrogen) atoms. The second-order valence-corrected chi connectivity index (χ2v) is 8.99. The lowest BCUT2D eigenvalue weighted by atomic mass is 9.93. The Balaban J connectivity index is 1.73. The topological polar surface area (TPSA) is 80.5 Å². The summed E-state index contributed by atoms with van der Waals surface area (Å²) in [4.78, 5) is 13.2. The second kappa shape index (κ2) is 7.47. The summed E-state index contributed by atoms with van der Waals surface area (Å²) in [5, 5.41) is 3.70. The molecule has 1 heterocycles. The van der Waals surface area contributed by atoms with Crippen molar-refractivity contribution in [2.24, 2.45) is 0 Å². The van der Waals surface area contributed by atoms with Crippen LogP contribution in [0.4, 0.5) is 0 Å². The Morgan fingerprint density at radius 2 is 1.67 bits per heavy atom. The molecule has 1 aliphatic rings. The van der Waals surface area contributed by atoms with Gasteiger partial charge in [0, 0.05) is 12.3 Å². The summed E-state index contributed by atoms with van der Waals surface area (Å²) in [6.45, 7) is 2.65. The fraction of sp³-hybridized carbons (Fsp3) is 0.217. The molecule has 0 unspecified atom stereocenters. The highest BCUT2D eigenvalue weighted by Gasteiger charge is 2.37. The number of amides is 1. The van der Waals surface area contributed by atoms with Gasteiger partial charge in [-0.3, -0.25) is 4.79 Å². The summed E-state index contributed by atoms with van der Waals surface area (Å²) in [6, 6.07) is 15.7. The first-order valence-electron chi connectivity index (χ1n) is 9.46. The number of carbonyl (C=O) groups is 1. The van der Waals surface area contributed by atoms with Crippen LogP contribution in [0.5, 0.6) is 0 Å². The van der Waals surface area contributed by atoms with Gasteiger partial charge < -0.3 is 4.52 Å². The molecule has 0 atom stereocenters. The van der Waals surface area contributed by atoms with E-state index in [4.69, 9.17) is 10.9 Å². The first-order chi connectivity index (χ1) is 14.4. The Bertz CT molecular complexity index is 1220. The minimum absolute atomic E-state index is 0.0156. The molecule has 0 N–H and O–H groups in total. The SMILES string of the molecule is C#CCN(C(=O)CC1c2ccccc2-c2ccccc21)S(=O)(=O)c1c(C)noc1C. The highest BCUT2D eigenvalue weighted by molar-refractivity contribution is 7.89. The fourth-order valence-electron chi connectivity index (χ4n) is 4.10. The van der Waals surface area contributed by atoms with E-state index in [1.807, 2.05) is 48.5 Å². The molecule has 0 spiro atoms. The molecule has 0 bridgehead atoms. The first kappa shape index (κ1) is 19.9. The molecular weight excluding hydrogens is 400 g/mol. The molecule has 1 aromatic heterocycles. The van der Waals surface area contributed by atoms with Crippen molar-refractivity contribution in [3.63, 3.8) is 0 Å². The number of hydrogen-bond acceptors (Lipinski definition) is 5. The molecule has 2 aromatic carbocycles. The van der Waals surface area contributed by atoms with E-state index in [2.05, 4.69) is 11.1 Å². The molecule has 6 nitrogen and oxygen atoms in total. The van der Waals surface area contributed by atoms with Gasteiger partial charge in [-0.1, -0.05) is 59.6 Å². The number of nitrogens with zero attached hydrogens (tertiary/aromatic N) is 2. The number of aryl methyl sites for hydroxylation is 2. The molecule has 0 aliphatic heterocycles. The van der Waals surface area contributed by atoms with Crippen LogP contribution in [0.2, 0.25) is 0 Å². The average molecular weight is 420 g/mol. The van der Waals surface area contributed by atoms with Crippen LogP contribution < -0.4 is 0 Å². The number of sulfonamides is 1. The Labute approximate surface area is 175 Å². The molecule has 4 rings (SSSR count). The van der Waals surface area contributed by atoms with Gasteiger partial charge in [0.05, 0.1) is 6.54 Å². The molecule has 0 fully saturated rings. The normalized spacial score (nSPS) is 12.8. The number of fused-ring (bicyclic) bond motifs is 3. The summed E-state index contributed by atoms with van der Waals surface area (Å²) in [6.07, 6.45) is 5.39. The largest absolute Gasteiger partial charge is 0.360 e. The lowest BCUT2D eigenvalue weighted by Gasteiger charge is -2.22. The zero-order chi connectivity index (χ0) is 21.5. The van der Waals surface area contributed by atoms with Crippen LogP contribution in [0.3, 0.4) is 0 Å². The fourth-order valence-corrected chi connectivity index (χ4v) is 5.72. The third-order valence-electron chi connectivity index (χ3n) is 5.37. The minimum Gasteiger partial charge on any atom is -0.360 e. The maximum absolute atomic E-state index is 13.3. The summed E-state index contributed by atoms with van der Waals surface area (Å²) in [5.41, 5.74) is 4.31. The van der Waals surface area contributed by atoms with Gasteiger partial charge in [0.15, 0.2) is 10.7 Å². The summed E-state index contributed by atoms with van der Waals surface area (Å²) in [5.74, 6) is 1.61. The number of benzene rings is 2. The zero-order valence-corrected chi connectivity index (χ0v) is 17.4. The van der Waals surface area contributed by atoms with Crippen LogP contribution >= 0.6 is 0 Å². The van der Waals surface area contributed by atoms with Gasteiger partial charge in [-0.15, -0.1) is 6.42 Å². The quantitative estimate of drug-likeness (QED) is 0.589. The highest BCUT2D eigenvalue weighted by Crippen LogP contribution is 2.46. The van der Waals surface area contributed by atoms with Crippen LogP contribution in [-0.2, 0) is 14.8 Å². The van der Waals surface area contributed by atoms with E-state index >= 15 is 0 Å². The van der Waals surface area contributed by atoms with Crippen molar-refractivity contribution in [2.75, 3.05) is 6.54 Å². The Hall–Kier alpha value is -3.37. The molecule has 0 saturated heterocycles. The standard InChI is InChI=1S/C23H20N2O4S/c1-4-13-25(30(27,28)23-15(2)24-29-16(23)3)22(26)14-21-19-11-7-5-9-17(19)18-10-6-8-12-20(18)21/h1,5-12,21H,13-14H2,2-3H3. The molecule has 1 amide bonds. The molecule has 0 radical (unpaired) electrons. The third-order valence-corrected chi connectivity index (χ3v) is 7.38. The minimum atomic E-state index is -4.19. The van der Waals surface area contributed by atoms with E-state index in [1.54, 1.807) is 0 Å². The van der Waals surface area contributed by atoms with E-state index in [1.165, 1.54) is 13.8 Å². The molecular formula is C23H20N2O4S. The predicted molar refractivity (Wildman–Crippen MR) is 112 cm³/mol. The zero-order valence-electron chi connectivity index (χ0n) is 16.6. The Morgan fingerprint density at radius 3 is 2.17 bits per heavy atom. The van der Waals surface area contributed by atoms with E-state index in [9.17, 15) is 13.2 Å². The maximum Gasteiger partial charge on any atom is 0.272 e. The smallest absolute Gasteiger partial charge is 0.272 e. The van der Waals surface area contributed by atoms with E-state index in [0.717, 1.165) is 26.6 Å². The van der Waals surface area contributed by atoms with Crippen molar-refractivity contribution in [3.8, 4) is 23.5 Å². The van der Waals surface area contributed by atoms with Gasteiger partial charge in [-0.2, -0.15) is 0 Å². The van der Waals surface area contributed by atoms with E-state index in [-0.39, 0.29) is 35.2 Å². The molecule has 7 heteroatoms. The first-order valence-corrected chi connectivity index (χ1v) is 10.9.